The van der Waals surface area contributed by atoms with Crippen molar-refractivity contribution >= 4 is 0 Å². The standard InChI is InChI=1S/C17H20O3/c1-11-8-13(4-6-15(11)19)17(2,3)14-5-7-16(20)12(9-14)10-18/h4-9,18-20H,10H2,1-3H3. The third-order valence-electron chi connectivity index (χ3n) is 3.89. The summed E-state index contributed by atoms with van der Waals surface area (Å²) < 4.78 is 0. The second-order valence-electron chi connectivity index (χ2n) is 5.63. The summed E-state index contributed by atoms with van der Waals surface area (Å²) in [4.78, 5) is 0. The highest BCUT2D eigenvalue weighted by molar-refractivity contribution is 5.46. The van der Waals surface area contributed by atoms with Crippen LogP contribution in [0.15, 0.2) is 36.4 Å². The van der Waals surface area contributed by atoms with Crippen molar-refractivity contribution in [2.24, 2.45) is 0 Å². The number of hydrogen-bond donors (Lipinski definition) is 3. The molecule has 2 aromatic rings. The molecule has 20 heavy (non-hydrogen) atoms. The summed E-state index contributed by atoms with van der Waals surface area (Å²) >= 11 is 0. The molecule has 0 aromatic heterocycles. The Morgan fingerprint density at radius 1 is 0.900 bits per heavy atom. The molecule has 0 atom stereocenters. The minimum absolute atomic E-state index is 0.105. The molecule has 0 saturated heterocycles. The first-order valence-electron chi connectivity index (χ1n) is 6.59. The van der Waals surface area contributed by atoms with Gasteiger partial charge < -0.3 is 15.3 Å². The maximum atomic E-state index is 9.66. The molecule has 0 spiro atoms. The van der Waals surface area contributed by atoms with E-state index >= 15 is 0 Å². The van der Waals surface area contributed by atoms with Gasteiger partial charge in [-0.05, 0) is 41.8 Å². The smallest absolute Gasteiger partial charge is 0.121 e. The first-order chi connectivity index (χ1) is 9.36. The van der Waals surface area contributed by atoms with Gasteiger partial charge in [-0.15, -0.1) is 0 Å². The zero-order valence-electron chi connectivity index (χ0n) is 12.0. The van der Waals surface area contributed by atoms with Gasteiger partial charge in [0.1, 0.15) is 11.5 Å². The van der Waals surface area contributed by atoms with E-state index in [4.69, 9.17) is 0 Å². The van der Waals surface area contributed by atoms with Gasteiger partial charge in [0.15, 0.2) is 0 Å². The summed E-state index contributed by atoms with van der Waals surface area (Å²) in [6, 6.07) is 10.8. The van der Waals surface area contributed by atoms with Crippen LogP contribution in [0, 0.1) is 6.92 Å². The predicted molar refractivity (Wildman–Crippen MR) is 79.0 cm³/mol. The van der Waals surface area contributed by atoms with Crippen molar-refractivity contribution < 1.29 is 15.3 Å². The number of aryl methyl sites for hydroxylation is 1. The lowest BCUT2D eigenvalue weighted by molar-refractivity contribution is 0.275. The average molecular weight is 272 g/mol. The lowest BCUT2D eigenvalue weighted by Gasteiger charge is -2.27. The number of aliphatic hydroxyl groups excluding tert-OH is 1. The van der Waals surface area contributed by atoms with Crippen LogP contribution in [0.2, 0.25) is 0 Å². The highest BCUT2D eigenvalue weighted by Gasteiger charge is 2.24. The summed E-state index contributed by atoms with van der Waals surface area (Å²) in [5.74, 6) is 0.389. The van der Waals surface area contributed by atoms with Crippen LogP contribution in [0.1, 0.15) is 36.1 Å². The molecule has 0 unspecified atom stereocenters. The number of hydrogen-bond acceptors (Lipinski definition) is 3. The number of phenolic OH excluding ortho intramolecular Hbond substituents is 1. The maximum Gasteiger partial charge on any atom is 0.121 e. The minimum Gasteiger partial charge on any atom is -0.508 e. The van der Waals surface area contributed by atoms with E-state index in [0.29, 0.717) is 5.56 Å². The van der Waals surface area contributed by atoms with Gasteiger partial charge in [0.2, 0.25) is 0 Å². The van der Waals surface area contributed by atoms with E-state index in [2.05, 4.69) is 13.8 Å². The Bertz CT molecular complexity index is 630. The highest BCUT2D eigenvalue weighted by atomic mass is 16.3. The van der Waals surface area contributed by atoms with Crippen LogP contribution in [0.5, 0.6) is 11.5 Å². The van der Waals surface area contributed by atoms with Crippen LogP contribution in [0.25, 0.3) is 0 Å². The Balaban J connectivity index is 2.50. The third kappa shape index (κ3) is 2.49. The lowest BCUT2D eigenvalue weighted by atomic mass is 9.77. The molecule has 0 amide bonds. The predicted octanol–water partition coefficient (Wildman–Crippen LogP) is 3.22. The molecule has 3 heteroatoms. The van der Waals surface area contributed by atoms with Gasteiger partial charge in [-0.3, -0.25) is 0 Å². The summed E-state index contributed by atoms with van der Waals surface area (Å²) in [5.41, 5.74) is 3.14. The summed E-state index contributed by atoms with van der Waals surface area (Å²) in [7, 11) is 0. The molecule has 0 aliphatic rings. The van der Waals surface area contributed by atoms with E-state index in [1.54, 1.807) is 12.1 Å². The van der Waals surface area contributed by atoms with Gasteiger partial charge in [-0.2, -0.15) is 0 Å². The third-order valence-corrected chi connectivity index (χ3v) is 3.89. The molecule has 3 nitrogen and oxygen atoms in total. The molecule has 0 aliphatic heterocycles. The molecular formula is C17H20O3. The molecule has 3 N–H and O–H groups in total. The topological polar surface area (TPSA) is 60.7 Å². The van der Waals surface area contributed by atoms with Gasteiger partial charge in [0.05, 0.1) is 6.61 Å². The summed E-state index contributed by atoms with van der Waals surface area (Å²) in [6.07, 6.45) is 0. The molecule has 0 radical (unpaired) electrons. The number of aliphatic hydroxyl groups is 1. The fourth-order valence-electron chi connectivity index (χ4n) is 2.31. The normalized spacial score (nSPS) is 11.6. The zero-order chi connectivity index (χ0) is 14.9. The van der Waals surface area contributed by atoms with Gasteiger partial charge in [0, 0.05) is 11.0 Å². The van der Waals surface area contributed by atoms with E-state index in [9.17, 15) is 15.3 Å². The maximum absolute atomic E-state index is 9.66. The molecule has 0 aliphatic carbocycles. The van der Waals surface area contributed by atoms with E-state index in [1.807, 2.05) is 31.2 Å². The zero-order valence-corrected chi connectivity index (χ0v) is 12.0. The molecule has 106 valence electrons. The lowest BCUT2D eigenvalue weighted by Crippen LogP contribution is -2.19. The second kappa shape index (κ2) is 5.17. The molecular weight excluding hydrogens is 252 g/mol. The van der Waals surface area contributed by atoms with Crippen molar-refractivity contribution in [1.82, 2.24) is 0 Å². The molecule has 0 fully saturated rings. The average Bonchev–Trinajstić information content (AvgIpc) is 2.42. The van der Waals surface area contributed by atoms with Gasteiger partial charge in [0.25, 0.3) is 0 Å². The van der Waals surface area contributed by atoms with E-state index < -0.39 is 0 Å². The Morgan fingerprint density at radius 2 is 1.45 bits per heavy atom. The molecule has 0 bridgehead atoms. The largest absolute Gasteiger partial charge is 0.508 e. The highest BCUT2D eigenvalue weighted by Crippen LogP contribution is 2.35. The number of aromatic hydroxyl groups is 2. The molecule has 2 rings (SSSR count). The van der Waals surface area contributed by atoms with Crippen molar-refractivity contribution in [2.75, 3.05) is 0 Å². The van der Waals surface area contributed by atoms with Crippen molar-refractivity contribution in [3.8, 4) is 11.5 Å². The number of phenols is 2. The van der Waals surface area contributed by atoms with Crippen molar-refractivity contribution in [1.29, 1.82) is 0 Å². The fraction of sp³-hybridized carbons (Fsp3) is 0.294. The molecule has 0 heterocycles. The van der Waals surface area contributed by atoms with E-state index in [1.165, 1.54) is 0 Å². The minimum atomic E-state index is -0.282. The van der Waals surface area contributed by atoms with E-state index in [-0.39, 0.29) is 23.5 Å². The second-order valence-corrected chi connectivity index (χ2v) is 5.63. The fourth-order valence-corrected chi connectivity index (χ4v) is 2.31. The summed E-state index contributed by atoms with van der Waals surface area (Å²) in [5, 5.41) is 28.6. The van der Waals surface area contributed by atoms with Crippen LogP contribution < -0.4 is 0 Å². The SMILES string of the molecule is Cc1cc(C(C)(C)c2ccc(O)c(CO)c2)ccc1O. The van der Waals surface area contributed by atoms with Crippen LogP contribution in [-0.4, -0.2) is 15.3 Å². The Labute approximate surface area is 119 Å². The molecule has 0 saturated carbocycles. The van der Waals surface area contributed by atoms with Crippen molar-refractivity contribution in [3.63, 3.8) is 0 Å². The number of benzene rings is 2. The van der Waals surface area contributed by atoms with Gasteiger partial charge in [-0.1, -0.05) is 32.0 Å². The summed E-state index contributed by atoms with van der Waals surface area (Å²) in [6.45, 7) is 5.83. The first-order valence-corrected chi connectivity index (χ1v) is 6.59. The number of rotatable bonds is 3. The van der Waals surface area contributed by atoms with Gasteiger partial charge >= 0.3 is 0 Å². The van der Waals surface area contributed by atoms with Crippen LogP contribution >= 0.6 is 0 Å². The van der Waals surface area contributed by atoms with Crippen molar-refractivity contribution in [2.45, 2.75) is 32.8 Å². The monoisotopic (exact) mass is 272 g/mol. The van der Waals surface area contributed by atoms with Crippen LogP contribution in [-0.2, 0) is 12.0 Å². The van der Waals surface area contributed by atoms with Gasteiger partial charge in [-0.25, -0.2) is 0 Å². The van der Waals surface area contributed by atoms with Crippen molar-refractivity contribution in [3.05, 3.63) is 58.7 Å². The Morgan fingerprint density at radius 3 is 2.00 bits per heavy atom. The Hall–Kier alpha value is -2.00. The van der Waals surface area contributed by atoms with Crippen LogP contribution in [0.4, 0.5) is 0 Å². The van der Waals surface area contributed by atoms with Crippen LogP contribution in [0.3, 0.4) is 0 Å². The molecule has 2 aromatic carbocycles. The first kappa shape index (κ1) is 14.4. The quantitative estimate of drug-likeness (QED) is 0.804. The van der Waals surface area contributed by atoms with E-state index in [0.717, 1.165) is 16.7 Å². The Kier molecular flexibility index (Phi) is 3.73.